The molecule has 0 N–H and O–H groups in total. The number of benzene rings is 8. The van der Waals surface area contributed by atoms with Gasteiger partial charge in [-0.15, -0.1) is 0 Å². The minimum atomic E-state index is 0.874. The molecule has 12 rings (SSSR count). The predicted molar refractivity (Wildman–Crippen MR) is 232 cm³/mol. The lowest BCUT2D eigenvalue weighted by molar-refractivity contribution is 1.00. The Morgan fingerprint density at radius 3 is 1.29 bits per heavy atom. The van der Waals surface area contributed by atoms with Crippen LogP contribution in [0.4, 0.5) is 0 Å². The van der Waals surface area contributed by atoms with Gasteiger partial charge in [0.15, 0.2) is 0 Å². The van der Waals surface area contributed by atoms with Crippen LogP contribution in [0.1, 0.15) is 0 Å². The van der Waals surface area contributed by atoms with Crippen LogP contribution in [-0.2, 0) is 0 Å². The zero-order valence-electron chi connectivity index (χ0n) is 30.3. The number of imidazole rings is 1. The molecule has 5 heteroatoms. The van der Waals surface area contributed by atoms with Crippen LogP contribution < -0.4 is 0 Å². The molecule has 12 aromatic rings. The van der Waals surface area contributed by atoms with Gasteiger partial charge >= 0.3 is 0 Å². The summed E-state index contributed by atoms with van der Waals surface area (Å²) in [6, 6.07) is 67.8. The Kier molecular flexibility index (Phi) is 6.56. The number of aromatic nitrogens is 5. The summed E-state index contributed by atoms with van der Waals surface area (Å²) in [6.07, 6.45) is 4.06. The third-order valence-electron chi connectivity index (χ3n) is 11.5. The summed E-state index contributed by atoms with van der Waals surface area (Å²) in [6.45, 7) is 0. The first-order chi connectivity index (χ1) is 27.8. The highest BCUT2D eigenvalue weighted by Crippen LogP contribution is 2.41. The van der Waals surface area contributed by atoms with Crippen molar-refractivity contribution >= 4 is 65.4 Å². The number of hydrogen-bond donors (Lipinski definition) is 0. The molecular weight excluding hydrogens is 683 g/mol. The van der Waals surface area contributed by atoms with Crippen molar-refractivity contribution in [1.29, 1.82) is 0 Å². The molecule has 0 saturated carbocycles. The quantitative estimate of drug-likeness (QED) is 0.175. The Bertz CT molecular complexity index is 3250. The highest BCUT2D eigenvalue weighted by molar-refractivity contribution is 6.12. The minimum Gasteiger partial charge on any atom is -0.309 e. The van der Waals surface area contributed by atoms with E-state index in [-0.39, 0.29) is 0 Å². The van der Waals surface area contributed by atoms with Crippen LogP contribution >= 0.6 is 0 Å². The Labute approximate surface area is 322 Å². The van der Waals surface area contributed by atoms with Gasteiger partial charge in [0.1, 0.15) is 5.82 Å². The standard InChI is InChI=1S/C51H33N5/c1-2-15-35(16-3-1)54-42-22-9-8-21-40(42)41-33-34(29-30-47(41)54)51-52-31-32-53(51)50-48(55-43-23-10-4-17-36(43)37-18-5-11-24-44(37)55)27-14-28-49(50)56-45-25-12-6-19-38(45)39-20-7-13-26-46(39)56/h1-33H. The fourth-order valence-corrected chi connectivity index (χ4v) is 9.16. The lowest BCUT2D eigenvalue weighted by Crippen LogP contribution is -2.09. The maximum Gasteiger partial charge on any atom is 0.144 e. The van der Waals surface area contributed by atoms with E-state index >= 15 is 0 Å². The zero-order valence-corrected chi connectivity index (χ0v) is 30.3. The Morgan fingerprint density at radius 2 is 0.768 bits per heavy atom. The van der Waals surface area contributed by atoms with Crippen molar-refractivity contribution in [2.24, 2.45) is 0 Å². The summed E-state index contributed by atoms with van der Waals surface area (Å²) in [7, 11) is 0. The molecule has 0 saturated heterocycles. The van der Waals surface area contributed by atoms with Crippen molar-refractivity contribution < 1.29 is 0 Å². The van der Waals surface area contributed by atoms with Crippen LogP contribution in [0.5, 0.6) is 0 Å². The van der Waals surface area contributed by atoms with Crippen molar-refractivity contribution in [1.82, 2.24) is 23.3 Å². The van der Waals surface area contributed by atoms with Gasteiger partial charge in [0, 0.05) is 56.0 Å². The Hall–Kier alpha value is -7.63. The normalized spacial score (nSPS) is 11.9. The van der Waals surface area contributed by atoms with E-state index in [9.17, 15) is 0 Å². The van der Waals surface area contributed by atoms with Crippen LogP contribution in [0.3, 0.4) is 0 Å². The summed E-state index contributed by atoms with van der Waals surface area (Å²) in [5.74, 6) is 0.874. The van der Waals surface area contributed by atoms with Gasteiger partial charge in [-0.1, -0.05) is 115 Å². The minimum absolute atomic E-state index is 0.874. The molecule has 0 aliphatic heterocycles. The summed E-state index contributed by atoms with van der Waals surface area (Å²) >= 11 is 0. The molecule has 0 amide bonds. The van der Waals surface area contributed by atoms with Crippen LogP contribution in [0.2, 0.25) is 0 Å². The maximum absolute atomic E-state index is 5.15. The first kappa shape index (κ1) is 30.8. The van der Waals surface area contributed by atoms with Crippen molar-refractivity contribution in [2.75, 3.05) is 0 Å². The van der Waals surface area contributed by atoms with Gasteiger partial charge in [-0.3, -0.25) is 4.57 Å². The van der Waals surface area contributed by atoms with Crippen molar-refractivity contribution in [2.45, 2.75) is 0 Å². The molecule has 4 heterocycles. The van der Waals surface area contributed by atoms with E-state index in [1.54, 1.807) is 0 Å². The molecule has 0 atom stereocenters. The van der Waals surface area contributed by atoms with Crippen LogP contribution in [0.15, 0.2) is 200 Å². The second-order valence-corrected chi connectivity index (χ2v) is 14.4. The fourth-order valence-electron chi connectivity index (χ4n) is 9.16. The average Bonchev–Trinajstić information content (AvgIpc) is 4.04. The first-order valence-corrected chi connectivity index (χ1v) is 19.1. The van der Waals surface area contributed by atoms with Gasteiger partial charge in [0.2, 0.25) is 0 Å². The van der Waals surface area contributed by atoms with E-state index < -0.39 is 0 Å². The molecule has 5 nitrogen and oxygen atoms in total. The molecule has 0 aliphatic carbocycles. The molecular formula is C51H33N5. The van der Waals surface area contributed by atoms with E-state index in [1.165, 1.54) is 37.8 Å². The number of rotatable bonds is 5. The molecule has 0 fully saturated rings. The van der Waals surface area contributed by atoms with E-state index in [2.05, 4.69) is 213 Å². The number of nitrogens with zero attached hydrogens (tertiary/aromatic N) is 5. The lowest BCUT2D eigenvalue weighted by Gasteiger charge is -2.21. The Morgan fingerprint density at radius 1 is 0.339 bits per heavy atom. The van der Waals surface area contributed by atoms with E-state index in [0.29, 0.717) is 0 Å². The third kappa shape index (κ3) is 4.34. The smallest absolute Gasteiger partial charge is 0.144 e. The van der Waals surface area contributed by atoms with Crippen molar-refractivity contribution in [3.63, 3.8) is 0 Å². The number of para-hydroxylation sites is 7. The summed E-state index contributed by atoms with van der Waals surface area (Å²) in [4.78, 5) is 5.15. The van der Waals surface area contributed by atoms with Gasteiger partial charge in [-0.2, -0.15) is 0 Å². The highest BCUT2D eigenvalue weighted by Gasteiger charge is 2.24. The molecule has 4 aromatic heterocycles. The van der Waals surface area contributed by atoms with Gasteiger partial charge in [0.05, 0.1) is 50.2 Å². The molecule has 0 radical (unpaired) electrons. The molecule has 0 unspecified atom stereocenters. The molecule has 262 valence electrons. The molecule has 56 heavy (non-hydrogen) atoms. The number of fused-ring (bicyclic) bond motifs is 9. The van der Waals surface area contributed by atoms with Crippen LogP contribution in [0.25, 0.3) is 99.6 Å². The molecule has 0 bridgehead atoms. The van der Waals surface area contributed by atoms with Gasteiger partial charge in [-0.05, 0) is 72.8 Å². The summed E-state index contributed by atoms with van der Waals surface area (Å²) < 4.78 is 9.52. The molecule has 8 aromatic carbocycles. The van der Waals surface area contributed by atoms with Gasteiger partial charge in [0.25, 0.3) is 0 Å². The van der Waals surface area contributed by atoms with Crippen LogP contribution in [-0.4, -0.2) is 23.3 Å². The summed E-state index contributed by atoms with van der Waals surface area (Å²) in [5, 5.41) is 7.30. The fraction of sp³-hybridized carbons (Fsp3) is 0. The zero-order chi connectivity index (χ0) is 36.7. The number of hydrogen-bond acceptors (Lipinski definition) is 1. The largest absolute Gasteiger partial charge is 0.309 e. The second kappa shape index (κ2) is 11.9. The summed E-state index contributed by atoms with van der Waals surface area (Å²) in [5.41, 5.74) is 12.4. The maximum atomic E-state index is 5.15. The van der Waals surface area contributed by atoms with E-state index in [1.807, 2.05) is 6.20 Å². The van der Waals surface area contributed by atoms with E-state index in [4.69, 9.17) is 4.98 Å². The monoisotopic (exact) mass is 715 g/mol. The second-order valence-electron chi connectivity index (χ2n) is 14.4. The molecule has 0 aliphatic rings. The van der Waals surface area contributed by atoms with Gasteiger partial charge in [-0.25, -0.2) is 4.98 Å². The van der Waals surface area contributed by atoms with Gasteiger partial charge < -0.3 is 13.7 Å². The average molecular weight is 716 g/mol. The lowest BCUT2D eigenvalue weighted by atomic mass is 10.1. The third-order valence-corrected chi connectivity index (χ3v) is 11.5. The highest BCUT2D eigenvalue weighted by atomic mass is 15.1. The van der Waals surface area contributed by atoms with Crippen LogP contribution in [0, 0.1) is 0 Å². The van der Waals surface area contributed by atoms with Crippen molar-refractivity contribution in [3.8, 4) is 34.1 Å². The topological polar surface area (TPSA) is 32.6 Å². The van der Waals surface area contributed by atoms with E-state index in [0.717, 1.165) is 61.7 Å². The molecule has 0 spiro atoms. The van der Waals surface area contributed by atoms with Crippen molar-refractivity contribution in [3.05, 3.63) is 200 Å². The SMILES string of the molecule is c1ccc(-n2c3ccccc3c3cc(-c4nccn4-c4c(-n5c6ccccc6c6ccccc65)cccc4-n4c5ccccc5c5ccccc54)ccc32)cc1. The Balaban J connectivity index is 1.18. The first-order valence-electron chi connectivity index (χ1n) is 19.1. The predicted octanol–water partition coefficient (Wildman–Crippen LogP) is 12.8.